The lowest BCUT2D eigenvalue weighted by Crippen LogP contribution is -2.30. The van der Waals surface area contributed by atoms with E-state index in [1.165, 1.54) is 12.8 Å². The Hall–Kier alpha value is -0.860. The molecule has 3 unspecified atom stereocenters. The molecule has 1 fully saturated rings. The molecule has 1 aromatic carbocycles. The van der Waals surface area contributed by atoms with Gasteiger partial charge in [-0.3, -0.25) is 4.79 Å². The van der Waals surface area contributed by atoms with Crippen LogP contribution in [0.5, 0.6) is 0 Å². The van der Waals surface area contributed by atoms with Crippen molar-refractivity contribution >= 4 is 17.4 Å². The molecule has 0 aliphatic heterocycles. The zero-order valence-corrected chi connectivity index (χ0v) is 12.3. The molecule has 1 saturated carbocycles. The van der Waals surface area contributed by atoms with Crippen LogP contribution in [-0.4, -0.2) is 18.0 Å². The van der Waals surface area contributed by atoms with E-state index in [-0.39, 0.29) is 11.9 Å². The number of halogens is 1. The first-order valence-corrected chi connectivity index (χ1v) is 7.39. The minimum atomic E-state index is -0.395. The van der Waals surface area contributed by atoms with Gasteiger partial charge in [-0.15, -0.1) is 0 Å². The van der Waals surface area contributed by atoms with E-state index in [1.54, 1.807) is 24.3 Å². The minimum Gasteiger partial charge on any atom is -0.367 e. The van der Waals surface area contributed by atoms with Crippen molar-refractivity contribution in [2.75, 3.05) is 0 Å². The summed E-state index contributed by atoms with van der Waals surface area (Å²) >= 11 is 5.91. The van der Waals surface area contributed by atoms with Crippen molar-refractivity contribution in [1.82, 2.24) is 0 Å². The van der Waals surface area contributed by atoms with E-state index in [0.717, 1.165) is 12.8 Å². The fourth-order valence-electron chi connectivity index (χ4n) is 2.73. The van der Waals surface area contributed by atoms with E-state index in [1.807, 2.05) is 6.92 Å². The van der Waals surface area contributed by atoms with Crippen LogP contribution in [0.25, 0.3) is 0 Å². The number of carbonyl (C=O) groups excluding carboxylic acids is 1. The summed E-state index contributed by atoms with van der Waals surface area (Å²) in [5.74, 6) is 0.716. The SMILES string of the molecule is CC1CCCC(OC(C)C(=O)c2cccc(Cl)c2)C1. The summed E-state index contributed by atoms with van der Waals surface area (Å²) < 4.78 is 5.93. The molecule has 0 N–H and O–H groups in total. The third-order valence-electron chi connectivity index (χ3n) is 3.76. The van der Waals surface area contributed by atoms with Crippen molar-refractivity contribution in [3.05, 3.63) is 34.9 Å². The second-order valence-electron chi connectivity index (χ2n) is 5.55. The van der Waals surface area contributed by atoms with Crippen molar-refractivity contribution < 1.29 is 9.53 Å². The Morgan fingerprint density at radius 1 is 1.42 bits per heavy atom. The summed E-state index contributed by atoms with van der Waals surface area (Å²) in [6, 6.07) is 7.06. The summed E-state index contributed by atoms with van der Waals surface area (Å²) in [5.41, 5.74) is 0.629. The van der Waals surface area contributed by atoms with E-state index >= 15 is 0 Å². The van der Waals surface area contributed by atoms with Crippen molar-refractivity contribution in [3.8, 4) is 0 Å². The predicted octanol–water partition coefficient (Wildman–Crippen LogP) is 4.51. The van der Waals surface area contributed by atoms with E-state index in [2.05, 4.69) is 6.92 Å². The molecule has 0 bridgehead atoms. The van der Waals surface area contributed by atoms with Crippen molar-refractivity contribution in [2.45, 2.75) is 51.7 Å². The fourth-order valence-corrected chi connectivity index (χ4v) is 2.92. The average molecular weight is 281 g/mol. The number of ether oxygens (including phenoxy) is 1. The maximum atomic E-state index is 12.3. The van der Waals surface area contributed by atoms with Crippen LogP contribution in [0, 0.1) is 5.92 Å². The Kier molecular flexibility index (Phi) is 5.00. The van der Waals surface area contributed by atoms with Crippen LogP contribution in [0.2, 0.25) is 5.02 Å². The molecule has 2 nitrogen and oxygen atoms in total. The number of rotatable bonds is 4. The highest BCUT2D eigenvalue weighted by Crippen LogP contribution is 2.27. The van der Waals surface area contributed by atoms with E-state index in [4.69, 9.17) is 16.3 Å². The van der Waals surface area contributed by atoms with Crippen molar-refractivity contribution in [1.29, 1.82) is 0 Å². The lowest BCUT2D eigenvalue weighted by Gasteiger charge is -2.28. The van der Waals surface area contributed by atoms with Crippen molar-refractivity contribution in [2.24, 2.45) is 5.92 Å². The smallest absolute Gasteiger partial charge is 0.191 e. The Labute approximate surface area is 120 Å². The number of hydrogen-bond acceptors (Lipinski definition) is 2. The van der Waals surface area contributed by atoms with Gasteiger partial charge in [-0.05, 0) is 37.8 Å². The van der Waals surface area contributed by atoms with Gasteiger partial charge in [0.25, 0.3) is 0 Å². The molecule has 0 aromatic heterocycles. The largest absolute Gasteiger partial charge is 0.367 e. The number of benzene rings is 1. The van der Waals surface area contributed by atoms with Crippen LogP contribution < -0.4 is 0 Å². The van der Waals surface area contributed by atoms with E-state index < -0.39 is 6.10 Å². The standard InChI is InChI=1S/C16H21ClO2/c1-11-5-3-8-15(9-11)19-12(2)16(18)13-6-4-7-14(17)10-13/h4,6-7,10-12,15H,3,5,8-9H2,1-2H3. The molecular formula is C16H21ClO2. The van der Waals surface area contributed by atoms with E-state index in [0.29, 0.717) is 16.5 Å². The van der Waals surface area contributed by atoms with Gasteiger partial charge in [-0.25, -0.2) is 0 Å². The highest BCUT2D eigenvalue weighted by Gasteiger charge is 2.24. The summed E-state index contributed by atoms with van der Waals surface area (Å²) in [4.78, 5) is 12.3. The normalized spacial score (nSPS) is 25.0. The van der Waals surface area contributed by atoms with Gasteiger partial charge in [-0.2, -0.15) is 0 Å². The number of hydrogen-bond donors (Lipinski definition) is 0. The van der Waals surface area contributed by atoms with Crippen LogP contribution in [0.1, 0.15) is 49.9 Å². The highest BCUT2D eigenvalue weighted by molar-refractivity contribution is 6.31. The molecule has 19 heavy (non-hydrogen) atoms. The minimum absolute atomic E-state index is 0.0146. The van der Waals surface area contributed by atoms with Gasteiger partial charge in [0.1, 0.15) is 6.10 Å². The molecule has 0 amide bonds. The Bertz CT molecular complexity index is 444. The van der Waals surface area contributed by atoms with Crippen LogP contribution in [0.15, 0.2) is 24.3 Å². The Morgan fingerprint density at radius 3 is 2.89 bits per heavy atom. The van der Waals surface area contributed by atoms with Gasteiger partial charge >= 0.3 is 0 Å². The topological polar surface area (TPSA) is 26.3 Å². The van der Waals surface area contributed by atoms with Crippen LogP contribution in [-0.2, 0) is 4.74 Å². The van der Waals surface area contributed by atoms with Gasteiger partial charge in [0.15, 0.2) is 5.78 Å². The third kappa shape index (κ3) is 4.05. The van der Waals surface area contributed by atoms with E-state index in [9.17, 15) is 4.79 Å². The summed E-state index contributed by atoms with van der Waals surface area (Å²) in [6.45, 7) is 4.08. The first-order chi connectivity index (χ1) is 9.06. The second-order valence-corrected chi connectivity index (χ2v) is 5.98. The predicted molar refractivity (Wildman–Crippen MR) is 77.7 cm³/mol. The fraction of sp³-hybridized carbons (Fsp3) is 0.562. The lowest BCUT2D eigenvalue weighted by molar-refractivity contribution is -0.0200. The first kappa shape index (κ1) is 14.5. The maximum Gasteiger partial charge on any atom is 0.191 e. The van der Waals surface area contributed by atoms with Crippen molar-refractivity contribution in [3.63, 3.8) is 0 Å². The Balaban J connectivity index is 1.95. The molecule has 1 aliphatic rings. The zero-order chi connectivity index (χ0) is 13.8. The van der Waals surface area contributed by atoms with Gasteiger partial charge in [0, 0.05) is 10.6 Å². The molecule has 3 atom stereocenters. The molecule has 2 rings (SSSR count). The molecule has 1 aliphatic carbocycles. The lowest BCUT2D eigenvalue weighted by atomic mass is 9.88. The number of ketones is 1. The van der Waals surface area contributed by atoms with Crippen LogP contribution in [0.4, 0.5) is 0 Å². The maximum absolute atomic E-state index is 12.3. The first-order valence-electron chi connectivity index (χ1n) is 7.01. The van der Waals surface area contributed by atoms with Gasteiger partial charge in [0.2, 0.25) is 0 Å². The molecule has 1 aromatic rings. The van der Waals surface area contributed by atoms with Crippen LogP contribution >= 0.6 is 11.6 Å². The van der Waals surface area contributed by atoms with Gasteiger partial charge in [0.05, 0.1) is 6.10 Å². The monoisotopic (exact) mass is 280 g/mol. The molecule has 0 spiro atoms. The number of carbonyl (C=O) groups is 1. The number of Topliss-reactive ketones (excluding diaryl/α,β-unsaturated/α-hetero) is 1. The molecule has 0 saturated heterocycles. The van der Waals surface area contributed by atoms with Gasteiger partial charge < -0.3 is 4.74 Å². The third-order valence-corrected chi connectivity index (χ3v) is 4.00. The average Bonchev–Trinajstić information content (AvgIpc) is 2.38. The summed E-state index contributed by atoms with van der Waals surface area (Å²) in [5, 5.41) is 0.587. The van der Waals surface area contributed by atoms with Crippen LogP contribution in [0.3, 0.4) is 0 Å². The molecule has 0 heterocycles. The zero-order valence-electron chi connectivity index (χ0n) is 11.6. The molecule has 3 heteroatoms. The summed E-state index contributed by atoms with van der Waals surface area (Å²) in [7, 11) is 0. The molecule has 0 radical (unpaired) electrons. The second kappa shape index (κ2) is 6.53. The summed E-state index contributed by atoms with van der Waals surface area (Å²) in [6.07, 6.45) is 4.43. The molecule has 104 valence electrons. The highest BCUT2D eigenvalue weighted by atomic mass is 35.5. The Morgan fingerprint density at radius 2 is 2.21 bits per heavy atom. The quantitative estimate of drug-likeness (QED) is 0.759. The van der Waals surface area contributed by atoms with Gasteiger partial charge in [-0.1, -0.05) is 43.5 Å². The molecular weight excluding hydrogens is 260 g/mol.